The molecule has 5 atom stereocenters. The summed E-state index contributed by atoms with van der Waals surface area (Å²) in [5.41, 5.74) is -4.70. The highest BCUT2D eigenvalue weighted by molar-refractivity contribution is 5.71. The van der Waals surface area contributed by atoms with Gasteiger partial charge in [0.2, 0.25) is 0 Å². The molecule has 5 unspecified atom stereocenters. The van der Waals surface area contributed by atoms with Crippen molar-refractivity contribution in [1.29, 1.82) is 0 Å². The molecule has 0 saturated heterocycles. The molecule has 0 aromatic carbocycles. The van der Waals surface area contributed by atoms with E-state index in [1.165, 1.54) is 0 Å². The van der Waals surface area contributed by atoms with Gasteiger partial charge in [0.1, 0.15) is 0 Å². The Morgan fingerprint density at radius 3 is 2.23 bits per heavy atom. The van der Waals surface area contributed by atoms with Crippen molar-refractivity contribution in [2.45, 2.75) is 63.9 Å². The smallest absolute Gasteiger partial charge is 0.426 e. The first kappa shape index (κ1) is 21.3. The summed E-state index contributed by atoms with van der Waals surface area (Å²) in [7, 11) is 0. The number of aliphatic hydroxyl groups is 1. The van der Waals surface area contributed by atoms with Crippen LogP contribution in [0.4, 0.5) is 26.3 Å². The summed E-state index contributed by atoms with van der Waals surface area (Å²) < 4.78 is 82.8. The largest absolute Gasteiger partial charge is 0.465 e. The molecule has 2 fully saturated rings. The van der Waals surface area contributed by atoms with Gasteiger partial charge in [0.15, 0.2) is 0 Å². The van der Waals surface area contributed by atoms with Crippen molar-refractivity contribution in [3.8, 4) is 0 Å². The molecule has 9 heteroatoms. The van der Waals surface area contributed by atoms with E-state index in [1.54, 1.807) is 6.92 Å². The topological polar surface area (TPSA) is 46.5 Å². The summed E-state index contributed by atoms with van der Waals surface area (Å²) in [5.74, 6) is -2.31. The van der Waals surface area contributed by atoms with Gasteiger partial charge in [0.05, 0.1) is 12.5 Å². The van der Waals surface area contributed by atoms with E-state index in [2.05, 4.69) is 0 Å². The van der Waals surface area contributed by atoms with Gasteiger partial charge in [-0.2, -0.15) is 26.3 Å². The summed E-state index contributed by atoms with van der Waals surface area (Å²) >= 11 is 0. The van der Waals surface area contributed by atoms with Crippen LogP contribution in [0, 0.1) is 29.6 Å². The van der Waals surface area contributed by atoms with Crippen LogP contribution in [0.25, 0.3) is 0 Å². The van der Waals surface area contributed by atoms with Crippen LogP contribution in [-0.2, 0) is 9.53 Å². The summed E-state index contributed by atoms with van der Waals surface area (Å²) in [6, 6.07) is 0. The summed E-state index contributed by atoms with van der Waals surface area (Å²) in [4.78, 5) is 11.8. The van der Waals surface area contributed by atoms with Crippen LogP contribution in [0.5, 0.6) is 0 Å². The zero-order chi connectivity index (χ0) is 19.9. The van der Waals surface area contributed by atoms with Crippen LogP contribution in [0.3, 0.4) is 0 Å². The molecule has 0 heterocycles. The fourth-order valence-electron chi connectivity index (χ4n) is 4.38. The van der Waals surface area contributed by atoms with E-state index in [-0.39, 0.29) is 30.8 Å². The van der Waals surface area contributed by atoms with Gasteiger partial charge in [-0.25, -0.2) is 0 Å². The third kappa shape index (κ3) is 3.82. The summed E-state index contributed by atoms with van der Waals surface area (Å²) in [5, 5.41) is 9.45. The van der Waals surface area contributed by atoms with Crippen LogP contribution >= 0.6 is 0 Å². The average molecular weight is 390 g/mol. The zero-order valence-electron chi connectivity index (χ0n) is 14.7. The molecular weight excluding hydrogens is 366 g/mol. The SMILES string of the molecule is CCC(C)C(=O)OCC1C2CCC1C(CC(O)(C(F)(F)F)C(F)(F)F)C2. The number of halogens is 6. The lowest BCUT2D eigenvalue weighted by molar-refractivity contribution is -0.373. The molecule has 0 amide bonds. The number of carbonyl (C=O) groups excluding carboxylic acids is 1. The number of fused-ring (bicyclic) bond motifs is 2. The predicted molar refractivity (Wildman–Crippen MR) is 79.9 cm³/mol. The summed E-state index contributed by atoms with van der Waals surface area (Å²) in [6.45, 7) is 3.53. The highest BCUT2D eigenvalue weighted by Gasteiger charge is 2.71. The Morgan fingerprint density at radius 2 is 1.73 bits per heavy atom. The Morgan fingerprint density at radius 1 is 1.15 bits per heavy atom. The second-order valence-corrected chi connectivity index (χ2v) is 7.66. The molecule has 2 rings (SSSR count). The van der Waals surface area contributed by atoms with Crippen LogP contribution in [-0.4, -0.2) is 35.6 Å². The van der Waals surface area contributed by atoms with E-state index >= 15 is 0 Å². The first-order chi connectivity index (χ1) is 11.8. The Hall–Kier alpha value is -0.990. The molecule has 2 aliphatic carbocycles. The second-order valence-electron chi connectivity index (χ2n) is 7.66. The number of hydrogen-bond acceptors (Lipinski definition) is 3. The molecular formula is C17H24F6O3. The van der Waals surface area contributed by atoms with Crippen molar-refractivity contribution in [2.75, 3.05) is 6.61 Å². The number of alkyl halides is 6. The van der Waals surface area contributed by atoms with Crippen molar-refractivity contribution in [1.82, 2.24) is 0 Å². The lowest BCUT2D eigenvalue weighted by Crippen LogP contribution is -2.58. The lowest BCUT2D eigenvalue weighted by Gasteiger charge is -2.36. The number of hydrogen-bond donors (Lipinski definition) is 1. The van der Waals surface area contributed by atoms with Gasteiger partial charge in [-0.15, -0.1) is 0 Å². The molecule has 3 nitrogen and oxygen atoms in total. The highest BCUT2D eigenvalue weighted by Crippen LogP contribution is 2.57. The van der Waals surface area contributed by atoms with Gasteiger partial charge >= 0.3 is 18.3 Å². The Kier molecular flexibility index (Phi) is 5.90. The molecule has 1 N–H and O–H groups in total. The average Bonchev–Trinajstić information content (AvgIpc) is 3.05. The third-order valence-corrected chi connectivity index (χ3v) is 6.17. The molecule has 0 spiro atoms. The maximum Gasteiger partial charge on any atom is 0.426 e. The normalized spacial score (nSPS) is 30.5. The van der Waals surface area contributed by atoms with Crippen molar-refractivity contribution in [3.63, 3.8) is 0 Å². The zero-order valence-corrected chi connectivity index (χ0v) is 14.7. The molecule has 152 valence electrons. The second kappa shape index (κ2) is 7.20. The van der Waals surface area contributed by atoms with Crippen molar-refractivity contribution in [3.05, 3.63) is 0 Å². The summed E-state index contributed by atoms with van der Waals surface area (Å²) in [6.07, 6.45) is -11.0. The minimum absolute atomic E-state index is 0.0193. The first-order valence-corrected chi connectivity index (χ1v) is 8.84. The van der Waals surface area contributed by atoms with Crippen LogP contribution in [0.1, 0.15) is 46.0 Å². The number of rotatable bonds is 6. The van der Waals surface area contributed by atoms with E-state index < -0.39 is 42.2 Å². The number of ether oxygens (including phenoxy) is 1. The predicted octanol–water partition coefficient (Wildman–Crippen LogP) is 4.48. The molecule has 2 saturated carbocycles. The van der Waals surface area contributed by atoms with Crippen molar-refractivity contribution >= 4 is 5.97 Å². The van der Waals surface area contributed by atoms with Crippen LogP contribution in [0.15, 0.2) is 0 Å². The standard InChI is InChI=1S/C17H24F6O3/c1-3-9(2)14(24)26-8-13-10-4-5-12(13)11(6-10)7-15(25,16(18,19)20)17(21,22)23/h9-13,25H,3-8H2,1-2H3. The minimum Gasteiger partial charge on any atom is -0.465 e. The van der Waals surface area contributed by atoms with E-state index in [9.17, 15) is 36.2 Å². The molecule has 26 heavy (non-hydrogen) atoms. The van der Waals surface area contributed by atoms with E-state index in [1.807, 2.05) is 6.92 Å². The van der Waals surface area contributed by atoms with Gasteiger partial charge < -0.3 is 9.84 Å². The van der Waals surface area contributed by atoms with Crippen LogP contribution < -0.4 is 0 Å². The maximum atomic E-state index is 12.9. The quantitative estimate of drug-likeness (QED) is 0.537. The number of carbonyl (C=O) groups is 1. The molecule has 0 radical (unpaired) electrons. The van der Waals surface area contributed by atoms with Gasteiger partial charge in [-0.1, -0.05) is 13.8 Å². The van der Waals surface area contributed by atoms with Crippen LogP contribution in [0.2, 0.25) is 0 Å². The van der Waals surface area contributed by atoms with Crippen molar-refractivity contribution < 1.29 is 41.0 Å². The van der Waals surface area contributed by atoms with Crippen molar-refractivity contribution in [2.24, 2.45) is 29.6 Å². The molecule has 0 aromatic heterocycles. The van der Waals surface area contributed by atoms with E-state index in [0.717, 1.165) is 0 Å². The van der Waals surface area contributed by atoms with E-state index in [4.69, 9.17) is 4.74 Å². The van der Waals surface area contributed by atoms with Gasteiger partial charge in [-0.05, 0) is 55.8 Å². The molecule has 2 bridgehead atoms. The minimum atomic E-state index is -5.79. The van der Waals surface area contributed by atoms with Gasteiger partial charge in [-0.3, -0.25) is 4.79 Å². The number of esters is 1. The lowest BCUT2D eigenvalue weighted by atomic mass is 9.79. The fourth-order valence-corrected chi connectivity index (χ4v) is 4.38. The molecule has 0 aromatic rings. The molecule has 2 aliphatic rings. The van der Waals surface area contributed by atoms with E-state index in [0.29, 0.717) is 19.3 Å². The Bertz CT molecular complexity index is 502. The Balaban J connectivity index is 2.06. The fraction of sp³-hybridized carbons (Fsp3) is 0.941. The molecule has 0 aliphatic heterocycles. The maximum absolute atomic E-state index is 12.9. The first-order valence-electron chi connectivity index (χ1n) is 8.84. The highest BCUT2D eigenvalue weighted by atomic mass is 19.4. The third-order valence-electron chi connectivity index (χ3n) is 6.17. The monoisotopic (exact) mass is 390 g/mol. The van der Waals surface area contributed by atoms with Gasteiger partial charge in [0, 0.05) is 0 Å². The Labute approximate surface area is 148 Å². The van der Waals surface area contributed by atoms with Gasteiger partial charge in [0.25, 0.3) is 5.60 Å².